The van der Waals surface area contributed by atoms with Gasteiger partial charge >= 0.3 is 0 Å². The van der Waals surface area contributed by atoms with Crippen LogP contribution >= 0.6 is 11.6 Å². The third-order valence-corrected chi connectivity index (χ3v) is 5.99. The van der Waals surface area contributed by atoms with Crippen molar-refractivity contribution in [1.29, 1.82) is 5.26 Å². The SMILES string of the molecule is COc1c(C#N)c(-c2ccc(Cl)cc2)c(C(=O)NC2CCCCC2)n1-c1ccccc1. The van der Waals surface area contributed by atoms with Crippen LogP contribution in [0.5, 0.6) is 5.88 Å². The van der Waals surface area contributed by atoms with Crippen molar-refractivity contribution in [2.75, 3.05) is 7.11 Å². The number of nitrogens with one attached hydrogen (secondary N) is 1. The molecule has 4 rings (SSSR count). The Morgan fingerprint density at radius 2 is 1.77 bits per heavy atom. The molecule has 1 aromatic heterocycles. The predicted octanol–water partition coefficient (Wildman–Crippen LogP) is 5.74. The smallest absolute Gasteiger partial charge is 0.269 e. The minimum absolute atomic E-state index is 0.134. The lowest BCUT2D eigenvalue weighted by Crippen LogP contribution is -2.37. The molecule has 5 nitrogen and oxygen atoms in total. The van der Waals surface area contributed by atoms with Gasteiger partial charge < -0.3 is 10.1 Å². The lowest BCUT2D eigenvalue weighted by Gasteiger charge is -2.23. The molecule has 0 radical (unpaired) electrons. The Morgan fingerprint density at radius 1 is 1.10 bits per heavy atom. The van der Waals surface area contributed by atoms with Gasteiger partial charge in [-0.25, -0.2) is 0 Å². The maximum atomic E-state index is 13.6. The second-order valence-corrected chi connectivity index (χ2v) is 8.14. The van der Waals surface area contributed by atoms with E-state index in [0.29, 0.717) is 27.7 Å². The third-order valence-electron chi connectivity index (χ3n) is 5.74. The van der Waals surface area contributed by atoms with Gasteiger partial charge in [0.25, 0.3) is 5.91 Å². The Bertz CT molecular complexity index is 1110. The zero-order valence-corrected chi connectivity index (χ0v) is 18.2. The van der Waals surface area contributed by atoms with E-state index in [1.807, 2.05) is 42.5 Å². The first-order valence-corrected chi connectivity index (χ1v) is 10.9. The molecule has 158 valence electrons. The minimum atomic E-state index is -0.208. The summed E-state index contributed by atoms with van der Waals surface area (Å²) in [5, 5.41) is 13.8. The van der Waals surface area contributed by atoms with Crippen LogP contribution in [-0.2, 0) is 0 Å². The van der Waals surface area contributed by atoms with E-state index >= 15 is 0 Å². The fourth-order valence-electron chi connectivity index (χ4n) is 4.28. The quantitative estimate of drug-likeness (QED) is 0.557. The first-order chi connectivity index (χ1) is 15.1. The van der Waals surface area contributed by atoms with E-state index in [2.05, 4.69) is 11.4 Å². The molecule has 0 unspecified atom stereocenters. The molecule has 1 heterocycles. The predicted molar refractivity (Wildman–Crippen MR) is 122 cm³/mol. The summed E-state index contributed by atoms with van der Waals surface area (Å²) in [4.78, 5) is 13.6. The molecule has 0 bridgehead atoms. The van der Waals surface area contributed by atoms with Gasteiger partial charge in [-0.15, -0.1) is 0 Å². The minimum Gasteiger partial charge on any atom is -0.481 e. The number of hydrogen-bond acceptors (Lipinski definition) is 3. The number of ether oxygens (including phenoxy) is 1. The Hall–Kier alpha value is -3.23. The van der Waals surface area contributed by atoms with E-state index in [1.165, 1.54) is 13.5 Å². The maximum Gasteiger partial charge on any atom is 0.269 e. The van der Waals surface area contributed by atoms with Crippen LogP contribution in [0.2, 0.25) is 5.02 Å². The number of nitriles is 1. The van der Waals surface area contributed by atoms with Crippen molar-refractivity contribution in [3.05, 3.63) is 70.9 Å². The summed E-state index contributed by atoms with van der Waals surface area (Å²) in [7, 11) is 1.52. The molecule has 1 N–H and O–H groups in total. The molecule has 1 saturated carbocycles. The zero-order valence-electron chi connectivity index (χ0n) is 17.4. The fraction of sp³-hybridized carbons (Fsp3) is 0.280. The number of rotatable bonds is 5. The van der Waals surface area contributed by atoms with Crippen molar-refractivity contribution < 1.29 is 9.53 Å². The van der Waals surface area contributed by atoms with Crippen LogP contribution in [0, 0.1) is 11.3 Å². The second-order valence-electron chi connectivity index (χ2n) is 7.71. The highest BCUT2D eigenvalue weighted by Crippen LogP contribution is 2.39. The van der Waals surface area contributed by atoms with Crippen LogP contribution in [0.15, 0.2) is 54.6 Å². The molecule has 0 atom stereocenters. The van der Waals surface area contributed by atoms with Crippen LogP contribution in [0.1, 0.15) is 48.2 Å². The van der Waals surface area contributed by atoms with E-state index in [1.54, 1.807) is 16.7 Å². The largest absolute Gasteiger partial charge is 0.481 e. The third kappa shape index (κ3) is 4.17. The molecule has 0 aliphatic heterocycles. The first kappa shape index (κ1) is 21.0. The summed E-state index contributed by atoms with van der Waals surface area (Å²) < 4.78 is 7.40. The zero-order chi connectivity index (χ0) is 21.8. The summed E-state index contributed by atoms with van der Waals surface area (Å²) in [6.45, 7) is 0. The molecular weight excluding hydrogens is 410 g/mol. The molecule has 0 spiro atoms. The first-order valence-electron chi connectivity index (χ1n) is 10.5. The van der Waals surface area contributed by atoms with Gasteiger partial charge in [-0.1, -0.05) is 61.2 Å². The topological polar surface area (TPSA) is 67.0 Å². The van der Waals surface area contributed by atoms with Crippen molar-refractivity contribution in [3.8, 4) is 28.8 Å². The standard InChI is InChI=1S/C25H24ClN3O2/c1-31-25-21(16-27)22(17-12-14-18(26)15-13-17)23(29(25)20-10-6-3-7-11-20)24(30)28-19-8-4-2-5-9-19/h3,6-7,10-15,19H,2,4-5,8-9H2,1H3,(H,28,30). The van der Waals surface area contributed by atoms with Gasteiger partial charge in [0.05, 0.1) is 7.11 Å². The lowest BCUT2D eigenvalue weighted by molar-refractivity contribution is 0.0920. The fourth-order valence-corrected chi connectivity index (χ4v) is 4.41. The van der Waals surface area contributed by atoms with E-state index in [0.717, 1.165) is 36.9 Å². The van der Waals surface area contributed by atoms with Gasteiger partial charge in [-0.2, -0.15) is 5.26 Å². The van der Waals surface area contributed by atoms with Gasteiger partial charge in [-0.3, -0.25) is 9.36 Å². The lowest BCUT2D eigenvalue weighted by atomic mass is 9.95. The monoisotopic (exact) mass is 433 g/mol. The highest BCUT2D eigenvalue weighted by atomic mass is 35.5. The van der Waals surface area contributed by atoms with E-state index in [-0.39, 0.29) is 11.9 Å². The van der Waals surface area contributed by atoms with Crippen LogP contribution in [0.25, 0.3) is 16.8 Å². The number of benzene rings is 2. The molecule has 0 saturated heterocycles. The van der Waals surface area contributed by atoms with Crippen molar-refractivity contribution in [1.82, 2.24) is 9.88 Å². The number of carbonyl (C=O) groups excluding carboxylic acids is 1. The van der Waals surface area contributed by atoms with Crippen LogP contribution in [0.4, 0.5) is 0 Å². The van der Waals surface area contributed by atoms with E-state index in [9.17, 15) is 10.1 Å². The molecule has 3 aromatic rings. The summed E-state index contributed by atoms with van der Waals surface area (Å²) in [6.07, 6.45) is 5.37. The number of methoxy groups -OCH3 is 1. The average Bonchev–Trinajstić information content (AvgIpc) is 3.15. The molecule has 1 fully saturated rings. The number of carbonyl (C=O) groups is 1. The highest BCUT2D eigenvalue weighted by molar-refractivity contribution is 6.30. The second kappa shape index (κ2) is 9.28. The van der Waals surface area contributed by atoms with Gasteiger partial charge in [0, 0.05) is 22.3 Å². The average molecular weight is 434 g/mol. The molecule has 31 heavy (non-hydrogen) atoms. The van der Waals surface area contributed by atoms with Gasteiger partial charge in [0.2, 0.25) is 5.88 Å². The number of aromatic nitrogens is 1. The van der Waals surface area contributed by atoms with Gasteiger partial charge in [-0.05, 0) is 42.7 Å². The molecule has 2 aromatic carbocycles. The Balaban J connectivity index is 1.94. The van der Waals surface area contributed by atoms with Gasteiger partial charge in [0.15, 0.2) is 0 Å². The number of hydrogen-bond donors (Lipinski definition) is 1. The summed E-state index contributed by atoms with van der Waals surface area (Å²) >= 11 is 6.09. The highest BCUT2D eigenvalue weighted by Gasteiger charge is 2.31. The van der Waals surface area contributed by atoms with E-state index in [4.69, 9.17) is 16.3 Å². The van der Waals surface area contributed by atoms with Crippen LogP contribution < -0.4 is 10.1 Å². The Labute approximate surface area is 187 Å². The molecule has 1 aliphatic rings. The van der Waals surface area contributed by atoms with Crippen molar-refractivity contribution >= 4 is 17.5 Å². The number of amides is 1. The van der Waals surface area contributed by atoms with Crippen LogP contribution in [-0.4, -0.2) is 23.6 Å². The molecule has 1 aliphatic carbocycles. The van der Waals surface area contributed by atoms with Crippen molar-refractivity contribution in [3.63, 3.8) is 0 Å². The molecule has 1 amide bonds. The maximum absolute atomic E-state index is 13.6. The van der Waals surface area contributed by atoms with Crippen LogP contribution in [0.3, 0.4) is 0 Å². The van der Waals surface area contributed by atoms with Crippen molar-refractivity contribution in [2.24, 2.45) is 0 Å². The number of halogens is 1. The molecular formula is C25H24ClN3O2. The van der Waals surface area contributed by atoms with Crippen molar-refractivity contribution in [2.45, 2.75) is 38.1 Å². The van der Waals surface area contributed by atoms with E-state index < -0.39 is 0 Å². The number of para-hydroxylation sites is 1. The summed E-state index contributed by atoms with van der Waals surface area (Å²) in [5.41, 5.74) is 2.76. The molecule has 6 heteroatoms. The summed E-state index contributed by atoms with van der Waals surface area (Å²) in [5.74, 6) is 0.132. The Morgan fingerprint density at radius 3 is 2.39 bits per heavy atom. The Kier molecular flexibility index (Phi) is 6.29. The summed E-state index contributed by atoms with van der Waals surface area (Å²) in [6, 6.07) is 19.0. The van der Waals surface area contributed by atoms with Gasteiger partial charge in [0.1, 0.15) is 17.3 Å². The normalized spacial score (nSPS) is 14.1. The number of nitrogens with zero attached hydrogens (tertiary/aromatic N) is 2.